The van der Waals surface area contributed by atoms with Gasteiger partial charge < -0.3 is 29.2 Å². The maximum absolute atomic E-state index is 4.98. The van der Waals surface area contributed by atoms with E-state index in [-0.39, 0.29) is 7.43 Å². The van der Waals surface area contributed by atoms with E-state index in [9.17, 15) is 0 Å². The van der Waals surface area contributed by atoms with Crippen LogP contribution in [0.2, 0.25) is 0 Å². The standard InChI is InChI=1S/C7H15N.4C6H13N.C4H9NO.CH4/c1-8-6-4-2-3-5-7-8;4*1-7-5-3-2-4-6-7;1-5-2-3-6-4-5;/h2-7H2,1H3;4*2-6H2,1H3;2-4H2,1H3;1H4. The first-order valence-corrected chi connectivity index (χ1v) is 18.1. The minimum atomic E-state index is 0. The average Bonchev–Trinajstić information content (AvgIpc) is 3.36. The summed E-state index contributed by atoms with van der Waals surface area (Å²) in [5, 5.41) is 0. The Labute approximate surface area is 271 Å². The Morgan fingerprint density at radius 1 is 0.279 bits per heavy atom. The molecule has 7 heteroatoms. The molecule has 0 N–H and O–H groups in total. The van der Waals surface area contributed by atoms with Crippen molar-refractivity contribution in [3.8, 4) is 0 Å². The summed E-state index contributed by atoms with van der Waals surface area (Å²) in [6, 6.07) is 0. The van der Waals surface area contributed by atoms with Gasteiger partial charge in [-0.1, -0.05) is 46.0 Å². The van der Waals surface area contributed by atoms with Crippen molar-refractivity contribution in [2.45, 2.75) is 110 Å². The van der Waals surface area contributed by atoms with Crippen molar-refractivity contribution in [3.63, 3.8) is 0 Å². The van der Waals surface area contributed by atoms with Crippen LogP contribution in [0.1, 0.15) is 110 Å². The Hall–Kier alpha value is -0.280. The van der Waals surface area contributed by atoms with Crippen molar-refractivity contribution >= 4 is 0 Å². The number of rotatable bonds is 0. The summed E-state index contributed by atoms with van der Waals surface area (Å²) < 4.78 is 4.98. The van der Waals surface area contributed by atoms with E-state index in [0.29, 0.717) is 0 Å². The summed E-state index contributed by atoms with van der Waals surface area (Å²) in [5.41, 5.74) is 0. The van der Waals surface area contributed by atoms with E-state index in [2.05, 4.69) is 64.6 Å². The molecule has 0 unspecified atom stereocenters. The summed E-state index contributed by atoms with van der Waals surface area (Å²) in [7, 11) is 13.0. The molecule has 0 saturated carbocycles. The molecule has 6 aliphatic rings. The highest BCUT2D eigenvalue weighted by Crippen LogP contribution is 2.08. The van der Waals surface area contributed by atoms with Crippen molar-refractivity contribution < 1.29 is 4.74 Å². The molecule has 7 nitrogen and oxygen atoms in total. The molecule has 0 aromatic heterocycles. The molecule has 0 bridgehead atoms. The fourth-order valence-electron chi connectivity index (χ4n) is 5.94. The molecule has 0 spiro atoms. The van der Waals surface area contributed by atoms with Crippen LogP contribution in [-0.2, 0) is 4.74 Å². The van der Waals surface area contributed by atoms with Crippen LogP contribution >= 0.6 is 0 Å². The zero-order valence-corrected chi connectivity index (χ0v) is 29.6. The SMILES string of the molecule is C.CN1CCCCC1.CN1CCCCC1.CN1CCCCC1.CN1CCCCC1.CN1CCCCCC1.CN1CCOC1. The number of likely N-dealkylation sites (N-methyl/N-ethyl adjacent to an activating group) is 1. The lowest BCUT2D eigenvalue weighted by atomic mass is 10.1. The molecular formula is C36H80N6O. The smallest absolute Gasteiger partial charge is 0.0989 e. The minimum absolute atomic E-state index is 0. The van der Waals surface area contributed by atoms with Gasteiger partial charge in [-0.25, -0.2) is 0 Å². The molecule has 260 valence electrons. The van der Waals surface area contributed by atoms with Gasteiger partial charge in [0, 0.05) is 6.54 Å². The molecule has 0 atom stereocenters. The summed E-state index contributed by atoms with van der Waals surface area (Å²) in [6.07, 6.45) is 22.8. The molecule has 6 saturated heterocycles. The van der Waals surface area contributed by atoms with Crippen molar-refractivity contribution in [2.24, 2.45) is 0 Å². The van der Waals surface area contributed by atoms with Crippen LogP contribution in [-0.4, -0.2) is 157 Å². The molecule has 6 rings (SSSR count). The molecule has 0 aliphatic carbocycles. The second-order valence-corrected chi connectivity index (χ2v) is 13.8. The zero-order valence-electron chi connectivity index (χ0n) is 29.6. The predicted octanol–water partition coefficient (Wildman–Crippen LogP) is 6.44. The molecule has 0 aromatic rings. The van der Waals surface area contributed by atoms with Crippen LogP contribution in [0.15, 0.2) is 0 Å². The molecule has 43 heavy (non-hydrogen) atoms. The quantitative estimate of drug-likeness (QED) is 0.311. The summed E-state index contributed by atoms with van der Waals surface area (Å²) in [5.74, 6) is 0. The van der Waals surface area contributed by atoms with E-state index in [0.717, 1.165) is 19.9 Å². The summed E-state index contributed by atoms with van der Waals surface area (Å²) >= 11 is 0. The first-order chi connectivity index (χ1) is 20.4. The topological polar surface area (TPSA) is 28.7 Å². The fraction of sp³-hybridized carbons (Fsp3) is 1.00. The molecule has 0 amide bonds. The molecule has 6 fully saturated rings. The van der Waals surface area contributed by atoms with Gasteiger partial charge in [-0.05, 0) is 172 Å². The maximum Gasteiger partial charge on any atom is 0.0989 e. The van der Waals surface area contributed by atoms with Crippen molar-refractivity contribution in [1.29, 1.82) is 0 Å². The first kappa shape index (κ1) is 42.7. The van der Waals surface area contributed by atoms with Gasteiger partial charge in [0.25, 0.3) is 0 Å². The van der Waals surface area contributed by atoms with E-state index in [1.54, 1.807) is 0 Å². The highest BCUT2D eigenvalue weighted by molar-refractivity contribution is 4.61. The Morgan fingerprint density at radius 3 is 0.628 bits per heavy atom. The van der Waals surface area contributed by atoms with Gasteiger partial charge in [0.05, 0.1) is 13.3 Å². The Kier molecular flexibility index (Phi) is 30.2. The normalized spacial score (nSPS) is 24.7. The highest BCUT2D eigenvalue weighted by Gasteiger charge is 2.05. The molecule has 0 radical (unpaired) electrons. The summed E-state index contributed by atoms with van der Waals surface area (Å²) in [4.78, 5) is 14.1. The van der Waals surface area contributed by atoms with Crippen LogP contribution < -0.4 is 0 Å². The first-order valence-electron chi connectivity index (χ1n) is 18.1. The Bertz CT molecular complexity index is 466. The van der Waals surface area contributed by atoms with Gasteiger partial charge in [-0.3, -0.25) is 4.90 Å². The van der Waals surface area contributed by atoms with Crippen molar-refractivity contribution in [3.05, 3.63) is 0 Å². The van der Waals surface area contributed by atoms with E-state index in [1.807, 2.05) is 7.05 Å². The number of likely N-dealkylation sites (tertiary alicyclic amines) is 5. The van der Waals surface area contributed by atoms with Crippen LogP contribution in [0.3, 0.4) is 0 Å². The minimum Gasteiger partial charge on any atom is -0.365 e. The van der Waals surface area contributed by atoms with Gasteiger partial charge in [0.15, 0.2) is 0 Å². The van der Waals surface area contributed by atoms with Crippen LogP contribution in [0.4, 0.5) is 0 Å². The van der Waals surface area contributed by atoms with Crippen molar-refractivity contribution in [2.75, 3.05) is 128 Å². The second kappa shape index (κ2) is 30.4. The fourth-order valence-corrected chi connectivity index (χ4v) is 5.94. The number of piperidine rings is 4. The molecule has 0 aromatic carbocycles. The van der Waals surface area contributed by atoms with E-state index in [4.69, 9.17) is 4.74 Å². The third-order valence-corrected chi connectivity index (χ3v) is 9.08. The van der Waals surface area contributed by atoms with E-state index >= 15 is 0 Å². The van der Waals surface area contributed by atoms with E-state index in [1.165, 1.54) is 168 Å². The number of ether oxygens (including phenoxy) is 1. The highest BCUT2D eigenvalue weighted by atomic mass is 16.5. The monoisotopic (exact) mass is 613 g/mol. The van der Waals surface area contributed by atoms with Crippen LogP contribution in [0, 0.1) is 0 Å². The lowest BCUT2D eigenvalue weighted by Gasteiger charge is -2.20. The van der Waals surface area contributed by atoms with Gasteiger partial charge >= 0.3 is 0 Å². The third-order valence-electron chi connectivity index (χ3n) is 9.08. The van der Waals surface area contributed by atoms with Gasteiger partial charge in [0.2, 0.25) is 0 Å². The Balaban J connectivity index is 0.000000491. The van der Waals surface area contributed by atoms with Crippen molar-refractivity contribution in [1.82, 2.24) is 29.4 Å². The van der Waals surface area contributed by atoms with Crippen LogP contribution in [0.5, 0.6) is 0 Å². The van der Waals surface area contributed by atoms with Gasteiger partial charge in [-0.15, -0.1) is 0 Å². The molecular weight excluding hydrogens is 532 g/mol. The van der Waals surface area contributed by atoms with Gasteiger partial charge in [-0.2, -0.15) is 0 Å². The largest absolute Gasteiger partial charge is 0.365 e. The van der Waals surface area contributed by atoms with E-state index < -0.39 is 0 Å². The number of hydrogen-bond donors (Lipinski definition) is 0. The lowest BCUT2D eigenvalue weighted by molar-refractivity contribution is 0.154. The average molecular weight is 613 g/mol. The Morgan fingerprint density at radius 2 is 0.488 bits per heavy atom. The molecule has 6 heterocycles. The third kappa shape index (κ3) is 28.9. The summed E-state index contributed by atoms with van der Waals surface area (Å²) in [6.45, 7) is 16.0. The predicted molar refractivity (Wildman–Crippen MR) is 192 cm³/mol. The number of hydrogen-bond acceptors (Lipinski definition) is 7. The van der Waals surface area contributed by atoms with Crippen LogP contribution in [0.25, 0.3) is 0 Å². The molecule has 6 aliphatic heterocycles. The number of nitrogens with zero attached hydrogens (tertiary/aromatic N) is 6. The lowest BCUT2D eigenvalue weighted by Crippen LogP contribution is -2.24. The zero-order chi connectivity index (χ0) is 30.7. The van der Waals surface area contributed by atoms with Gasteiger partial charge in [0.1, 0.15) is 0 Å². The second-order valence-electron chi connectivity index (χ2n) is 13.8. The maximum atomic E-state index is 4.98.